The molecule has 2 atom stereocenters. The molecule has 32 heavy (non-hydrogen) atoms. The van der Waals surface area contributed by atoms with E-state index in [1.165, 1.54) is 5.56 Å². The fourth-order valence-corrected chi connectivity index (χ4v) is 4.45. The Morgan fingerprint density at radius 3 is 2.75 bits per heavy atom. The lowest BCUT2D eigenvalue weighted by molar-refractivity contribution is 0.168. The molecule has 170 valence electrons. The number of carbonyl (C=O) groups excluding carboxylic acids is 1. The molecule has 3 aromatic rings. The smallest absolute Gasteiger partial charge is 0.327 e. The van der Waals surface area contributed by atoms with Gasteiger partial charge >= 0.3 is 11.7 Å². The second-order valence-electron chi connectivity index (χ2n) is 8.54. The molecule has 0 aromatic carbocycles. The van der Waals surface area contributed by atoms with Crippen molar-refractivity contribution in [3.63, 3.8) is 0 Å². The van der Waals surface area contributed by atoms with Crippen LogP contribution in [-0.2, 0) is 0 Å². The third-order valence-corrected chi connectivity index (χ3v) is 6.42. The number of aromatic amines is 1. The molecule has 4 heterocycles. The lowest BCUT2D eigenvalue weighted by Gasteiger charge is -2.33. The van der Waals surface area contributed by atoms with E-state index in [1.54, 1.807) is 17.0 Å². The van der Waals surface area contributed by atoms with Crippen LogP contribution in [0.5, 0.6) is 0 Å². The van der Waals surface area contributed by atoms with Crippen molar-refractivity contribution in [1.82, 2.24) is 29.7 Å². The normalized spacial score (nSPS) is 16.8. The van der Waals surface area contributed by atoms with E-state index in [1.807, 2.05) is 29.3 Å². The molecule has 9 nitrogen and oxygen atoms in total. The molecular weight excluding hydrogens is 406 g/mol. The standard InChI is InChI=1S/C23H31N7O2/c1-16(17-4-2-10-25-15-17)6-7-18(14-24)27-22(31)29-12-8-19(9-13-29)30-20-5-3-11-26-21(20)28-23(30)32/h2-5,10-11,15-16,18-19H,6-9,12-14,24H2,1H3,(H,27,31)(H,26,28,32). The molecule has 0 radical (unpaired) electrons. The maximum Gasteiger partial charge on any atom is 0.327 e. The molecule has 1 aliphatic rings. The van der Waals surface area contributed by atoms with Crippen LogP contribution in [0.25, 0.3) is 11.2 Å². The van der Waals surface area contributed by atoms with Gasteiger partial charge in [0.25, 0.3) is 0 Å². The highest BCUT2D eigenvalue weighted by molar-refractivity contribution is 5.74. The summed E-state index contributed by atoms with van der Waals surface area (Å²) in [4.78, 5) is 38.3. The number of likely N-dealkylation sites (tertiary alicyclic amines) is 1. The summed E-state index contributed by atoms with van der Waals surface area (Å²) in [6, 6.07) is 7.65. The van der Waals surface area contributed by atoms with Gasteiger partial charge in [-0.1, -0.05) is 13.0 Å². The van der Waals surface area contributed by atoms with E-state index >= 15 is 0 Å². The van der Waals surface area contributed by atoms with Crippen molar-refractivity contribution < 1.29 is 4.79 Å². The van der Waals surface area contributed by atoms with Crippen LogP contribution in [0, 0.1) is 0 Å². The number of rotatable bonds is 7. The molecule has 9 heteroatoms. The summed E-state index contributed by atoms with van der Waals surface area (Å²) in [6.45, 7) is 3.76. The number of hydrogen-bond acceptors (Lipinski definition) is 5. The first kappa shape index (κ1) is 22.0. The number of amides is 2. The summed E-state index contributed by atoms with van der Waals surface area (Å²) in [7, 11) is 0. The number of pyridine rings is 2. The maximum atomic E-state index is 12.8. The minimum Gasteiger partial charge on any atom is -0.334 e. The van der Waals surface area contributed by atoms with Gasteiger partial charge in [-0.2, -0.15) is 0 Å². The zero-order chi connectivity index (χ0) is 22.5. The van der Waals surface area contributed by atoms with Gasteiger partial charge in [0.2, 0.25) is 0 Å². The number of nitrogens with zero attached hydrogens (tertiary/aromatic N) is 4. The first-order valence-corrected chi connectivity index (χ1v) is 11.3. The van der Waals surface area contributed by atoms with Crippen LogP contribution < -0.4 is 16.7 Å². The van der Waals surface area contributed by atoms with Crippen LogP contribution in [0.1, 0.15) is 50.1 Å². The monoisotopic (exact) mass is 437 g/mol. The quantitative estimate of drug-likeness (QED) is 0.524. The van der Waals surface area contributed by atoms with Crippen LogP contribution in [0.4, 0.5) is 4.79 Å². The Hall–Kier alpha value is -3.20. The minimum absolute atomic E-state index is 0.0511. The number of carbonyl (C=O) groups is 1. The highest BCUT2D eigenvalue weighted by atomic mass is 16.2. The van der Waals surface area contributed by atoms with Gasteiger partial charge in [-0.3, -0.25) is 14.5 Å². The molecule has 2 unspecified atom stereocenters. The van der Waals surface area contributed by atoms with Crippen molar-refractivity contribution in [2.24, 2.45) is 5.73 Å². The first-order valence-electron chi connectivity index (χ1n) is 11.3. The molecule has 1 fully saturated rings. The minimum atomic E-state index is -0.146. The largest absolute Gasteiger partial charge is 0.334 e. The molecule has 0 bridgehead atoms. The summed E-state index contributed by atoms with van der Waals surface area (Å²) < 4.78 is 1.78. The van der Waals surface area contributed by atoms with Crippen LogP contribution in [0.2, 0.25) is 0 Å². The molecule has 0 saturated carbocycles. The number of nitrogens with one attached hydrogen (secondary N) is 2. The van der Waals surface area contributed by atoms with E-state index in [-0.39, 0.29) is 23.8 Å². The van der Waals surface area contributed by atoms with E-state index in [0.29, 0.717) is 31.2 Å². The molecule has 0 spiro atoms. The van der Waals surface area contributed by atoms with Crippen molar-refractivity contribution in [2.45, 2.75) is 50.6 Å². The number of hydrogen-bond donors (Lipinski definition) is 3. The van der Waals surface area contributed by atoms with E-state index in [2.05, 4.69) is 33.3 Å². The molecule has 1 saturated heterocycles. The molecule has 4 rings (SSSR count). The van der Waals surface area contributed by atoms with Gasteiger partial charge in [-0.15, -0.1) is 0 Å². The van der Waals surface area contributed by atoms with Crippen molar-refractivity contribution in [2.75, 3.05) is 19.6 Å². The first-order chi connectivity index (χ1) is 15.6. The van der Waals surface area contributed by atoms with Crippen LogP contribution >= 0.6 is 0 Å². The van der Waals surface area contributed by atoms with Crippen molar-refractivity contribution in [1.29, 1.82) is 0 Å². The Morgan fingerprint density at radius 2 is 2.03 bits per heavy atom. The topological polar surface area (TPSA) is 122 Å². The number of piperidine rings is 1. The lowest BCUT2D eigenvalue weighted by Crippen LogP contribution is -2.50. The molecular formula is C23H31N7O2. The van der Waals surface area contributed by atoms with Gasteiger partial charge < -0.3 is 16.0 Å². The fourth-order valence-electron chi connectivity index (χ4n) is 4.45. The van der Waals surface area contributed by atoms with Gasteiger partial charge in [0.05, 0.1) is 5.52 Å². The van der Waals surface area contributed by atoms with Gasteiger partial charge in [0.15, 0.2) is 5.65 Å². The molecule has 3 aromatic heterocycles. The Labute approximate surface area is 187 Å². The van der Waals surface area contributed by atoms with Gasteiger partial charge in [-0.25, -0.2) is 14.6 Å². The van der Waals surface area contributed by atoms with Gasteiger partial charge in [0, 0.05) is 50.3 Å². The van der Waals surface area contributed by atoms with Gasteiger partial charge in [-0.05, 0) is 55.4 Å². The highest BCUT2D eigenvalue weighted by Crippen LogP contribution is 2.25. The third kappa shape index (κ3) is 4.83. The molecule has 0 aliphatic carbocycles. The van der Waals surface area contributed by atoms with Crippen molar-refractivity contribution in [3.05, 3.63) is 58.9 Å². The van der Waals surface area contributed by atoms with E-state index in [0.717, 1.165) is 31.2 Å². The van der Waals surface area contributed by atoms with Crippen LogP contribution in [0.3, 0.4) is 0 Å². The second-order valence-corrected chi connectivity index (χ2v) is 8.54. The number of nitrogens with two attached hydrogens (primary N) is 1. The van der Waals surface area contributed by atoms with E-state index in [4.69, 9.17) is 5.73 Å². The van der Waals surface area contributed by atoms with Gasteiger partial charge in [0.1, 0.15) is 0 Å². The SMILES string of the molecule is CC(CCC(CN)NC(=O)N1CCC(n2c(=O)[nH]c3ncccc32)CC1)c1cccnc1. The Bertz CT molecular complexity index is 1090. The van der Waals surface area contributed by atoms with Crippen molar-refractivity contribution in [3.8, 4) is 0 Å². The Balaban J connectivity index is 1.30. The fraction of sp³-hybridized carbons (Fsp3) is 0.478. The number of H-pyrrole nitrogens is 1. The number of imidazole rings is 1. The van der Waals surface area contributed by atoms with Crippen LogP contribution in [0.15, 0.2) is 47.7 Å². The molecule has 2 amide bonds. The Morgan fingerprint density at radius 1 is 1.25 bits per heavy atom. The number of urea groups is 1. The molecule has 4 N–H and O–H groups in total. The number of fused-ring (bicyclic) bond motifs is 1. The highest BCUT2D eigenvalue weighted by Gasteiger charge is 2.27. The van der Waals surface area contributed by atoms with E-state index in [9.17, 15) is 9.59 Å². The zero-order valence-electron chi connectivity index (χ0n) is 18.4. The predicted molar refractivity (Wildman–Crippen MR) is 123 cm³/mol. The second kappa shape index (κ2) is 9.95. The van der Waals surface area contributed by atoms with Crippen molar-refractivity contribution >= 4 is 17.2 Å². The summed E-state index contributed by atoms with van der Waals surface area (Å²) in [6.07, 6.45) is 8.51. The van der Waals surface area contributed by atoms with Crippen LogP contribution in [-0.4, -0.2) is 56.1 Å². The number of aromatic nitrogens is 4. The average molecular weight is 438 g/mol. The zero-order valence-corrected chi connectivity index (χ0v) is 18.4. The Kier molecular flexibility index (Phi) is 6.84. The van der Waals surface area contributed by atoms with E-state index < -0.39 is 0 Å². The summed E-state index contributed by atoms with van der Waals surface area (Å²) in [5.74, 6) is 0.356. The third-order valence-electron chi connectivity index (χ3n) is 6.42. The molecule has 1 aliphatic heterocycles. The lowest BCUT2D eigenvalue weighted by atomic mass is 9.95. The predicted octanol–water partition coefficient (Wildman–Crippen LogP) is 2.38. The summed E-state index contributed by atoms with van der Waals surface area (Å²) >= 11 is 0. The maximum absolute atomic E-state index is 12.8. The average Bonchev–Trinajstić information content (AvgIpc) is 3.17. The summed E-state index contributed by atoms with van der Waals surface area (Å²) in [5, 5.41) is 3.10. The summed E-state index contributed by atoms with van der Waals surface area (Å²) in [5.41, 5.74) is 8.40.